The third-order valence-corrected chi connectivity index (χ3v) is 2.15. The SMILES string of the molecule is CCOCC(C)Oc1ccc(N)c(C(=O)O)c1. The van der Waals surface area contributed by atoms with Crippen molar-refractivity contribution in [2.24, 2.45) is 0 Å². The Bertz CT molecular complexity index is 392. The molecule has 0 saturated carbocycles. The summed E-state index contributed by atoms with van der Waals surface area (Å²) >= 11 is 0. The van der Waals surface area contributed by atoms with Crippen LogP contribution in [0.3, 0.4) is 0 Å². The fourth-order valence-electron chi connectivity index (χ4n) is 1.34. The van der Waals surface area contributed by atoms with Crippen molar-refractivity contribution >= 4 is 11.7 Å². The molecule has 0 aliphatic rings. The van der Waals surface area contributed by atoms with Gasteiger partial charge in [-0.25, -0.2) is 4.79 Å². The molecule has 1 unspecified atom stereocenters. The lowest BCUT2D eigenvalue weighted by atomic mass is 10.2. The lowest BCUT2D eigenvalue weighted by molar-refractivity contribution is 0.0649. The molecular formula is C12H17NO4. The van der Waals surface area contributed by atoms with E-state index in [4.69, 9.17) is 20.3 Å². The van der Waals surface area contributed by atoms with Crippen LogP contribution in [0.2, 0.25) is 0 Å². The summed E-state index contributed by atoms with van der Waals surface area (Å²) in [5.74, 6) is -0.589. The Hall–Kier alpha value is -1.75. The Labute approximate surface area is 100 Å². The van der Waals surface area contributed by atoms with E-state index in [-0.39, 0.29) is 17.4 Å². The molecule has 5 heteroatoms. The van der Waals surface area contributed by atoms with Gasteiger partial charge in [-0.2, -0.15) is 0 Å². The third kappa shape index (κ3) is 3.96. The van der Waals surface area contributed by atoms with Gasteiger partial charge in [-0.05, 0) is 32.0 Å². The smallest absolute Gasteiger partial charge is 0.337 e. The van der Waals surface area contributed by atoms with Crippen molar-refractivity contribution in [3.63, 3.8) is 0 Å². The average molecular weight is 239 g/mol. The summed E-state index contributed by atoms with van der Waals surface area (Å²) in [6, 6.07) is 4.58. The van der Waals surface area contributed by atoms with Crippen LogP contribution in [0, 0.1) is 0 Å². The zero-order valence-corrected chi connectivity index (χ0v) is 9.97. The molecule has 0 aliphatic carbocycles. The summed E-state index contributed by atoms with van der Waals surface area (Å²) in [6.45, 7) is 4.84. The van der Waals surface area contributed by atoms with Gasteiger partial charge in [0.25, 0.3) is 0 Å². The predicted octanol–water partition coefficient (Wildman–Crippen LogP) is 1.77. The first-order valence-electron chi connectivity index (χ1n) is 5.41. The molecule has 0 fully saturated rings. The van der Waals surface area contributed by atoms with Crippen LogP contribution < -0.4 is 10.5 Å². The number of nitrogens with two attached hydrogens (primary N) is 1. The number of benzene rings is 1. The molecule has 5 nitrogen and oxygen atoms in total. The Balaban J connectivity index is 2.72. The number of hydrogen-bond donors (Lipinski definition) is 2. The molecule has 0 aliphatic heterocycles. The highest BCUT2D eigenvalue weighted by Crippen LogP contribution is 2.20. The lowest BCUT2D eigenvalue weighted by Gasteiger charge is -2.15. The van der Waals surface area contributed by atoms with Gasteiger partial charge in [0.2, 0.25) is 0 Å². The van der Waals surface area contributed by atoms with Gasteiger partial charge < -0.3 is 20.3 Å². The number of rotatable bonds is 6. The van der Waals surface area contributed by atoms with Crippen LogP contribution in [-0.4, -0.2) is 30.4 Å². The van der Waals surface area contributed by atoms with Gasteiger partial charge >= 0.3 is 5.97 Å². The van der Waals surface area contributed by atoms with Crippen LogP contribution >= 0.6 is 0 Å². The second-order valence-electron chi connectivity index (χ2n) is 3.64. The van der Waals surface area contributed by atoms with Crippen molar-refractivity contribution in [3.05, 3.63) is 23.8 Å². The van der Waals surface area contributed by atoms with E-state index >= 15 is 0 Å². The summed E-state index contributed by atoms with van der Waals surface area (Å²) in [4.78, 5) is 10.9. The maximum absolute atomic E-state index is 10.9. The summed E-state index contributed by atoms with van der Waals surface area (Å²) in [5.41, 5.74) is 5.81. The number of anilines is 1. The standard InChI is InChI=1S/C12H17NO4/c1-3-16-7-8(2)17-9-4-5-11(13)10(6-9)12(14)15/h4-6,8H,3,7,13H2,1-2H3,(H,14,15). The van der Waals surface area contributed by atoms with E-state index in [1.54, 1.807) is 6.07 Å². The van der Waals surface area contributed by atoms with Gasteiger partial charge in [0.05, 0.1) is 12.2 Å². The maximum atomic E-state index is 10.9. The molecule has 1 aromatic rings. The quantitative estimate of drug-likeness (QED) is 0.739. The van der Waals surface area contributed by atoms with Crippen LogP contribution in [-0.2, 0) is 4.74 Å². The van der Waals surface area contributed by atoms with Gasteiger partial charge in [0, 0.05) is 12.3 Å². The van der Waals surface area contributed by atoms with Crippen LogP contribution in [0.1, 0.15) is 24.2 Å². The number of hydrogen-bond acceptors (Lipinski definition) is 4. The minimum Gasteiger partial charge on any atom is -0.488 e. The Morgan fingerprint density at radius 3 is 2.82 bits per heavy atom. The molecule has 0 amide bonds. The fraction of sp³-hybridized carbons (Fsp3) is 0.417. The van der Waals surface area contributed by atoms with E-state index in [0.29, 0.717) is 19.0 Å². The van der Waals surface area contributed by atoms with Gasteiger partial charge in [-0.1, -0.05) is 0 Å². The molecule has 17 heavy (non-hydrogen) atoms. The fourth-order valence-corrected chi connectivity index (χ4v) is 1.34. The van der Waals surface area contributed by atoms with E-state index in [9.17, 15) is 4.79 Å². The topological polar surface area (TPSA) is 81.8 Å². The number of aromatic carboxylic acids is 1. The zero-order valence-electron chi connectivity index (χ0n) is 9.97. The van der Waals surface area contributed by atoms with Gasteiger partial charge in [-0.3, -0.25) is 0 Å². The van der Waals surface area contributed by atoms with Gasteiger partial charge in [-0.15, -0.1) is 0 Å². The van der Waals surface area contributed by atoms with E-state index < -0.39 is 5.97 Å². The second kappa shape index (κ2) is 6.10. The van der Waals surface area contributed by atoms with E-state index in [1.165, 1.54) is 12.1 Å². The van der Waals surface area contributed by atoms with Crippen LogP contribution in [0.25, 0.3) is 0 Å². The largest absolute Gasteiger partial charge is 0.488 e. The highest BCUT2D eigenvalue weighted by atomic mass is 16.5. The Morgan fingerprint density at radius 1 is 1.53 bits per heavy atom. The van der Waals surface area contributed by atoms with Crippen molar-refractivity contribution in [3.8, 4) is 5.75 Å². The monoisotopic (exact) mass is 239 g/mol. The summed E-state index contributed by atoms with van der Waals surface area (Å²) in [6.07, 6.45) is -0.139. The number of nitrogen functional groups attached to an aromatic ring is 1. The molecule has 3 N–H and O–H groups in total. The van der Waals surface area contributed by atoms with E-state index in [0.717, 1.165) is 0 Å². The predicted molar refractivity (Wildman–Crippen MR) is 64.4 cm³/mol. The van der Waals surface area contributed by atoms with Crippen molar-refractivity contribution in [1.82, 2.24) is 0 Å². The zero-order chi connectivity index (χ0) is 12.8. The molecule has 1 atom stereocenters. The number of ether oxygens (including phenoxy) is 2. The maximum Gasteiger partial charge on any atom is 0.337 e. The van der Waals surface area contributed by atoms with E-state index in [1.807, 2.05) is 13.8 Å². The molecular weight excluding hydrogens is 222 g/mol. The molecule has 0 heterocycles. The average Bonchev–Trinajstić information content (AvgIpc) is 2.28. The third-order valence-electron chi connectivity index (χ3n) is 2.15. The first-order chi connectivity index (χ1) is 8.04. The first kappa shape index (κ1) is 13.3. The molecule has 0 saturated heterocycles. The van der Waals surface area contributed by atoms with Gasteiger partial charge in [0.15, 0.2) is 0 Å². The molecule has 94 valence electrons. The highest BCUT2D eigenvalue weighted by Gasteiger charge is 2.11. The molecule has 0 aromatic heterocycles. The molecule has 0 spiro atoms. The summed E-state index contributed by atoms with van der Waals surface area (Å²) in [7, 11) is 0. The highest BCUT2D eigenvalue weighted by molar-refractivity contribution is 5.94. The minimum atomic E-state index is -1.06. The summed E-state index contributed by atoms with van der Waals surface area (Å²) in [5, 5.41) is 8.91. The van der Waals surface area contributed by atoms with Crippen molar-refractivity contribution in [2.45, 2.75) is 20.0 Å². The van der Waals surface area contributed by atoms with Crippen LogP contribution in [0.4, 0.5) is 5.69 Å². The van der Waals surface area contributed by atoms with Crippen LogP contribution in [0.5, 0.6) is 5.75 Å². The number of carbonyl (C=O) groups is 1. The molecule has 1 aromatic carbocycles. The first-order valence-corrected chi connectivity index (χ1v) is 5.41. The van der Waals surface area contributed by atoms with Crippen molar-refractivity contribution in [2.75, 3.05) is 18.9 Å². The minimum absolute atomic E-state index is 0.0473. The van der Waals surface area contributed by atoms with E-state index in [2.05, 4.69) is 0 Å². The Morgan fingerprint density at radius 2 is 2.24 bits per heavy atom. The summed E-state index contributed by atoms with van der Waals surface area (Å²) < 4.78 is 10.7. The second-order valence-corrected chi connectivity index (χ2v) is 3.64. The van der Waals surface area contributed by atoms with Crippen LogP contribution in [0.15, 0.2) is 18.2 Å². The van der Waals surface area contributed by atoms with Crippen molar-refractivity contribution < 1.29 is 19.4 Å². The molecule has 0 radical (unpaired) electrons. The van der Waals surface area contributed by atoms with Crippen molar-refractivity contribution in [1.29, 1.82) is 0 Å². The lowest BCUT2D eigenvalue weighted by Crippen LogP contribution is -2.19. The Kier molecular flexibility index (Phi) is 4.78. The molecule has 0 bridgehead atoms. The number of carboxylic acid groups (broad SMARTS) is 1. The van der Waals surface area contributed by atoms with Gasteiger partial charge in [0.1, 0.15) is 11.9 Å². The molecule has 1 rings (SSSR count). The normalized spacial score (nSPS) is 12.1. The number of carboxylic acids is 1.